The number of carboxylic acid groups (broad SMARTS) is 1. The maximum atomic E-state index is 14.0. The second-order valence-corrected chi connectivity index (χ2v) is 14.7. The molecule has 0 spiro atoms. The molecular weight excluding hydrogens is 713 g/mol. The fraction of sp³-hybridized carbons (Fsp3) is 0.500. The van der Waals surface area contributed by atoms with Crippen molar-refractivity contribution >= 4 is 23.7 Å². The van der Waals surface area contributed by atoms with E-state index in [1.165, 1.54) is 11.8 Å². The van der Waals surface area contributed by atoms with Crippen LogP contribution in [0.2, 0.25) is 0 Å². The lowest BCUT2D eigenvalue weighted by molar-refractivity contribution is -0.146. The number of rotatable bonds is 25. The molecule has 4 rings (SSSR count). The van der Waals surface area contributed by atoms with E-state index in [9.17, 15) is 29.4 Å². The first kappa shape index (κ1) is 43.9. The first-order chi connectivity index (χ1) is 27.1. The number of ether oxygens (including phenoxy) is 2. The van der Waals surface area contributed by atoms with Crippen LogP contribution in [0.4, 0.5) is 0 Å². The third-order valence-corrected chi connectivity index (χ3v) is 10.1. The molecule has 3 aromatic carbocycles. The molecule has 0 radical (unpaired) electrons. The fourth-order valence-corrected chi connectivity index (χ4v) is 6.83. The number of nitrogens with zero attached hydrogens (tertiary/aromatic N) is 1. The second-order valence-electron chi connectivity index (χ2n) is 14.7. The zero-order valence-corrected chi connectivity index (χ0v) is 32.7. The summed E-state index contributed by atoms with van der Waals surface area (Å²) >= 11 is 0. The number of benzene rings is 3. The molecule has 304 valence electrons. The molecule has 3 aromatic rings. The Morgan fingerprint density at radius 2 is 1.38 bits per heavy atom. The highest BCUT2D eigenvalue weighted by molar-refractivity contribution is 5.94. The maximum absolute atomic E-state index is 14.0. The number of nitrogens with one attached hydrogen (secondary N) is 2. The Kier molecular flexibility index (Phi) is 18.8. The number of carbonyl (C=O) groups excluding carboxylic acids is 3. The van der Waals surface area contributed by atoms with Crippen molar-refractivity contribution in [3.8, 4) is 5.75 Å². The average Bonchev–Trinajstić information content (AvgIpc) is 3.64. The van der Waals surface area contributed by atoms with Crippen LogP contribution >= 0.6 is 0 Å². The van der Waals surface area contributed by atoms with Crippen LogP contribution < -0.4 is 21.1 Å². The Hall–Kier alpha value is -4.78. The number of hydrogen-bond acceptors (Lipinski definition) is 8. The molecule has 1 aliphatic rings. The van der Waals surface area contributed by atoms with Gasteiger partial charge in [0.1, 0.15) is 30.5 Å². The molecule has 3 amide bonds. The second kappa shape index (κ2) is 24.0. The number of amides is 3. The van der Waals surface area contributed by atoms with Crippen molar-refractivity contribution in [3.63, 3.8) is 0 Å². The van der Waals surface area contributed by atoms with Crippen molar-refractivity contribution in [1.29, 1.82) is 0 Å². The standard InChI is InChI=1S/C44H60N4O8/c1-32(49)41(47-40(50)20-14-6-4-2-3-5-7-15-27-45)43(52)48-29-37(56-31-35-18-12-9-13-19-35)28-39(48)42(51)46-38(44(53)54)26-23-33-21-24-36(25-22-33)55-30-34-16-10-8-11-17-34/h8-13,16-19,21-22,24-25,32,37-39,41,49H,2-7,14-15,20,23,26-31,45H2,1H3,(H,46,51)(H,47,50)(H,53,54)/t32-,37-,38+,39+,41+/m1/s1. The lowest BCUT2D eigenvalue weighted by Crippen LogP contribution is -2.58. The summed E-state index contributed by atoms with van der Waals surface area (Å²) in [5.41, 5.74) is 8.39. The number of carboxylic acids is 1. The number of hydrogen-bond donors (Lipinski definition) is 5. The van der Waals surface area contributed by atoms with Crippen molar-refractivity contribution in [2.45, 2.75) is 128 Å². The first-order valence-electron chi connectivity index (χ1n) is 20.1. The van der Waals surface area contributed by atoms with Crippen LogP contribution in [0, 0.1) is 0 Å². The molecule has 12 heteroatoms. The quantitative estimate of drug-likeness (QED) is 0.0716. The van der Waals surface area contributed by atoms with E-state index in [4.69, 9.17) is 15.2 Å². The van der Waals surface area contributed by atoms with Gasteiger partial charge in [-0.3, -0.25) is 14.4 Å². The van der Waals surface area contributed by atoms with Crippen LogP contribution in [0.1, 0.15) is 94.2 Å². The molecule has 56 heavy (non-hydrogen) atoms. The predicted octanol–water partition coefficient (Wildman–Crippen LogP) is 5.29. The normalized spacial score (nSPS) is 16.8. The summed E-state index contributed by atoms with van der Waals surface area (Å²) in [6.07, 6.45) is 7.13. The monoisotopic (exact) mass is 772 g/mol. The van der Waals surface area contributed by atoms with Crippen LogP contribution in [0.25, 0.3) is 0 Å². The molecule has 6 N–H and O–H groups in total. The number of aliphatic hydroxyl groups excluding tert-OH is 1. The summed E-state index contributed by atoms with van der Waals surface area (Å²) in [4.78, 5) is 54.6. The van der Waals surface area contributed by atoms with Gasteiger partial charge in [-0.05, 0) is 68.0 Å². The van der Waals surface area contributed by atoms with Crippen molar-refractivity contribution in [3.05, 3.63) is 102 Å². The Labute approximate surface area is 331 Å². The van der Waals surface area contributed by atoms with Gasteiger partial charge in [-0.25, -0.2) is 4.79 Å². The van der Waals surface area contributed by atoms with Gasteiger partial charge in [0.15, 0.2) is 0 Å². The van der Waals surface area contributed by atoms with E-state index in [2.05, 4.69) is 10.6 Å². The van der Waals surface area contributed by atoms with E-state index in [0.29, 0.717) is 31.7 Å². The Morgan fingerprint density at radius 1 is 0.786 bits per heavy atom. The molecule has 0 saturated carbocycles. The highest BCUT2D eigenvalue weighted by Gasteiger charge is 2.44. The summed E-state index contributed by atoms with van der Waals surface area (Å²) in [6, 6.07) is 23.1. The van der Waals surface area contributed by atoms with Crippen LogP contribution in [-0.4, -0.2) is 82.2 Å². The highest BCUT2D eigenvalue weighted by atomic mass is 16.5. The van der Waals surface area contributed by atoms with E-state index < -0.39 is 48.1 Å². The first-order valence-corrected chi connectivity index (χ1v) is 20.1. The zero-order chi connectivity index (χ0) is 40.1. The van der Waals surface area contributed by atoms with Crippen molar-refractivity contribution in [2.75, 3.05) is 13.1 Å². The molecule has 5 atom stereocenters. The van der Waals surface area contributed by atoms with E-state index in [1.807, 2.05) is 84.9 Å². The molecule has 1 fully saturated rings. The molecule has 1 heterocycles. The van der Waals surface area contributed by atoms with Crippen LogP contribution in [0.3, 0.4) is 0 Å². The van der Waals surface area contributed by atoms with Gasteiger partial charge in [-0.2, -0.15) is 0 Å². The number of unbranched alkanes of at least 4 members (excludes halogenated alkanes) is 7. The van der Waals surface area contributed by atoms with Gasteiger partial charge in [-0.15, -0.1) is 0 Å². The van der Waals surface area contributed by atoms with Crippen LogP contribution in [-0.2, 0) is 43.5 Å². The summed E-state index contributed by atoms with van der Waals surface area (Å²) in [5, 5.41) is 26.1. The third kappa shape index (κ3) is 15.0. The maximum Gasteiger partial charge on any atom is 0.326 e. The minimum absolute atomic E-state index is 0.0323. The van der Waals surface area contributed by atoms with Crippen LogP contribution in [0.5, 0.6) is 5.75 Å². The van der Waals surface area contributed by atoms with E-state index in [0.717, 1.165) is 61.6 Å². The van der Waals surface area contributed by atoms with Gasteiger partial charge in [0.05, 0.1) is 18.8 Å². The lowest BCUT2D eigenvalue weighted by Gasteiger charge is -2.30. The molecule has 0 bridgehead atoms. The number of carbonyl (C=O) groups is 4. The molecular formula is C44H60N4O8. The summed E-state index contributed by atoms with van der Waals surface area (Å²) in [6.45, 7) is 2.84. The number of aryl methyl sites for hydroxylation is 1. The average molecular weight is 773 g/mol. The Morgan fingerprint density at radius 3 is 1.96 bits per heavy atom. The minimum atomic E-state index is -1.29. The SMILES string of the molecule is C[C@@H](O)[C@H](NC(=O)CCCCCCCCCCN)C(=O)N1C[C@H](OCc2ccccc2)C[C@H]1C(=O)N[C@@H](CCc1ccc(OCc2ccccc2)cc1)C(=O)O. The van der Waals surface area contributed by atoms with Gasteiger partial charge in [-0.1, -0.05) is 111 Å². The summed E-state index contributed by atoms with van der Waals surface area (Å²) in [5.74, 6) is -2.14. The molecule has 1 aliphatic heterocycles. The smallest absolute Gasteiger partial charge is 0.326 e. The molecule has 12 nitrogen and oxygen atoms in total. The molecule has 0 aliphatic carbocycles. The zero-order valence-electron chi connectivity index (χ0n) is 32.7. The van der Waals surface area contributed by atoms with Gasteiger partial charge < -0.3 is 41.0 Å². The third-order valence-electron chi connectivity index (χ3n) is 10.1. The molecule has 0 aromatic heterocycles. The van der Waals surface area contributed by atoms with Crippen molar-refractivity contribution in [2.24, 2.45) is 5.73 Å². The molecule has 0 unspecified atom stereocenters. The van der Waals surface area contributed by atoms with Crippen molar-refractivity contribution < 1.29 is 38.9 Å². The highest BCUT2D eigenvalue weighted by Crippen LogP contribution is 2.24. The number of likely N-dealkylation sites (tertiary alicyclic amines) is 1. The number of aliphatic carboxylic acids is 1. The predicted molar refractivity (Wildman–Crippen MR) is 214 cm³/mol. The van der Waals surface area contributed by atoms with E-state index in [-0.39, 0.29) is 38.3 Å². The lowest BCUT2D eigenvalue weighted by atomic mass is 10.0. The van der Waals surface area contributed by atoms with Gasteiger partial charge in [0, 0.05) is 19.4 Å². The largest absolute Gasteiger partial charge is 0.489 e. The van der Waals surface area contributed by atoms with Gasteiger partial charge >= 0.3 is 5.97 Å². The van der Waals surface area contributed by atoms with Crippen LogP contribution in [0.15, 0.2) is 84.9 Å². The summed E-state index contributed by atoms with van der Waals surface area (Å²) in [7, 11) is 0. The van der Waals surface area contributed by atoms with E-state index in [1.54, 1.807) is 0 Å². The number of aliphatic hydroxyl groups is 1. The Balaban J connectivity index is 1.35. The van der Waals surface area contributed by atoms with Crippen molar-refractivity contribution in [1.82, 2.24) is 15.5 Å². The van der Waals surface area contributed by atoms with Gasteiger partial charge in [0.25, 0.3) is 0 Å². The fourth-order valence-electron chi connectivity index (χ4n) is 6.83. The molecule has 1 saturated heterocycles. The number of nitrogens with two attached hydrogens (primary N) is 1. The van der Waals surface area contributed by atoms with Gasteiger partial charge in [0.2, 0.25) is 17.7 Å². The van der Waals surface area contributed by atoms with E-state index >= 15 is 0 Å². The Bertz CT molecular complexity index is 1620. The minimum Gasteiger partial charge on any atom is -0.489 e. The summed E-state index contributed by atoms with van der Waals surface area (Å²) < 4.78 is 12.0. The topological polar surface area (TPSA) is 181 Å².